The van der Waals surface area contributed by atoms with Crippen LogP contribution in [0.15, 0.2) is 85.1 Å². The molecule has 0 spiro atoms. The van der Waals surface area contributed by atoms with E-state index < -0.39 is 0 Å². The molecule has 0 aliphatic carbocycles. The third-order valence-corrected chi connectivity index (χ3v) is 5.56. The molecule has 1 aliphatic rings. The first-order chi connectivity index (χ1) is 13.7. The Hall–Kier alpha value is -2.99. The molecule has 0 N–H and O–H groups in total. The smallest absolute Gasteiger partial charge is 0.263 e. The number of hydrogen-bond acceptors (Lipinski definition) is 2. The van der Waals surface area contributed by atoms with Crippen molar-refractivity contribution < 1.29 is 4.79 Å². The number of pyridine rings is 1. The summed E-state index contributed by atoms with van der Waals surface area (Å²) in [5.41, 5.74) is 5.22. The summed E-state index contributed by atoms with van der Waals surface area (Å²) in [5, 5.41) is 1.01. The number of aromatic nitrogens is 1. The summed E-state index contributed by atoms with van der Waals surface area (Å²) >= 11 is 2.29. The Bertz CT molecular complexity index is 1240. The largest absolute Gasteiger partial charge is 0.274 e. The number of rotatable bonds is 2. The molecule has 3 nitrogen and oxygen atoms in total. The van der Waals surface area contributed by atoms with Crippen LogP contribution in [-0.2, 0) is 0 Å². The molecule has 1 amide bonds. The SMILES string of the molecule is O=C1c2ccc(I)cc2/C(=C/c2ccccc2)N1c1cccc2cccnc12. The maximum Gasteiger partial charge on any atom is 0.263 e. The Kier molecular flexibility index (Phi) is 4.20. The molecular formula is C24H15IN2O. The molecule has 3 aromatic carbocycles. The molecule has 1 aliphatic heterocycles. The normalized spacial score (nSPS) is 14.7. The van der Waals surface area contributed by atoms with Gasteiger partial charge in [0, 0.05) is 26.3 Å². The molecule has 0 saturated carbocycles. The first-order valence-electron chi connectivity index (χ1n) is 8.97. The number of benzene rings is 3. The fourth-order valence-electron chi connectivity index (χ4n) is 3.62. The van der Waals surface area contributed by atoms with E-state index in [1.807, 2.05) is 72.8 Å². The van der Waals surface area contributed by atoms with E-state index in [0.717, 1.165) is 42.5 Å². The van der Waals surface area contributed by atoms with Crippen molar-refractivity contribution in [2.24, 2.45) is 0 Å². The average Bonchev–Trinajstić information content (AvgIpc) is 2.99. The zero-order chi connectivity index (χ0) is 19.1. The van der Waals surface area contributed by atoms with E-state index in [1.165, 1.54) is 0 Å². The number of carbonyl (C=O) groups excluding carboxylic acids is 1. The van der Waals surface area contributed by atoms with Crippen LogP contribution in [0.2, 0.25) is 0 Å². The van der Waals surface area contributed by atoms with Gasteiger partial charge in [-0.15, -0.1) is 0 Å². The second-order valence-electron chi connectivity index (χ2n) is 6.62. The van der Waals surface area contributed by atoms with Crippen LogP contribution in [0.3, 0.4) is 0 Å². The van der Waals surface area contributed by atoms with Crippen LogP contribution in [-0.4, -0.2) is 10.9 Å². The van der Waals surface area contributed by atoms with Gasteiger partial charge >= 0.3 is 0 Å². The predicted molar refractivity (Wildman–Crippen MR) is 122 cm³/mol. The summed E-state index contributed by atoms with van der Waals surface area (Å²) in [6.07, 6.45) is 3.84. The van der Waals surface area contributed by atoms with Crippen molar-refractivity contribution in [3.8, 4) is 0 Å². The third-order valence-electron chi connectivity index (χ3n) is 4.89. The van der Waals surface area contributed by atoms with Crippen LogP contribution in [0.1, 0.15) is 21.5 Å². The van der Waals surface area contributed by atoms with Crippen LogP contribution in [0.25, 0.3) is 22.7 Å². The highest BCUT2D eigenvalue weighted by atomic mass is 127. The molecule has 1 aromatic heterocycles. The molecule has 2 heterocycles. The maximum atomic E-state index is 13.4. The van der Waals surface area contributed by atoms with Gasteiger partial charge in [-0.2, -0.15) is 0 Å². The van der Waals surface area contributed by atoms with Gasteiger partial charge in [-0.1, -0.05) is 48.5 Å². The topological polar surface area (TPSA) is 33.2 Å². The monoisotopic (exact) mass is 474 g/mol. The highest BCUT2D eigenvalue weighted by Gasteiger charge is 2.34. The summed E-state index contributed by atoms with van der Waals surface area (Å²) in [5.74, 6) is -0.0215. The fraction of sp³-hybridized carbons (Fsp3) is 0. The number of fused-ring (bicyclic) bond motifs is 2. The lowest BCUT2D eigenvalue weighted by Gasteiger charge is -2.20. The van der Waals surface area contributed by atoms with Crippen molar-refractivity contribution in [3.63, 3.8) is 0 Å². The van der Waals surface area contributed by atoms with Crippen LogP contribution >= 0.6 is 22.6 Å². The molecule has 0 radical (unpaired) electrons. The van der Waals surface area contributed by atoms with E-state index in [4.69, 9.17) is 0 Å². The Morgan fingerprint density at radius 1 is 0.857 bits per heavy atom. The zero-order valence-corrected chi connectivity index (χ0v) is 17.0. The number of carbonyl (C=O) groups is 1. The standard InChI is InChI=1S/C24H15IN2O/c25-18-11-12-19-20(15-18)22(14-16-6-2-1-3-7-16)27(24(19)28)21-10-4-8-17-9-5-13-26-23(17)21/h1-15H/b22-14-. The number of nitrogens with zero attached hydrogens (tertiary/aromatic N) is 2. The predicted octanol–water partition coefficient (Wildman–Crippen LogP) is 6.00. The van der Waals surface area contributed by atoms with Gasteiger partial charge in [-0.25, -0.2) is 0 Å². The Balaban J connectivity index is 1.78. The van der Waals surface area contributed by atoms with Crippen molar-refractivity contribution in [2.75, 3.05) is 4.90 Å². The van der Waals surface area contributed by atoms with Gasteiger partial charge in [-0.3, -0.25) is 14.7 Å². The van der Waals surface area contributed by atoms with E-state index in [0.29, 0.717) is 0 Å². The van der Waals surface area contributed by atoms with Crippen LogP contribution in [0.5, 0.6) is 0 Å². The Labute approximate surface area is 176 Å². The lowest BCUT2D eigenvalue weighted by molar-refractivity contribution is 0.101. The van der Waals surface area contributed by atoms with Gasteiger partial charge < -0.3 is 0 Å². The van der Waals surface area contributed by atoms with E-state index in [-0.39, 0.29) is 5.91 Å². The van der Waals surface area contributed by atoms with Gasteiger partial charge in [0.05, 0.1) is 16.9 Å². The second-order valence-corrected chi connectivity index (χ2v) is 7.87. The summed E-state index contributed by atoms with van der Waals surface area (Å²) in [6, 6.07) is 25.9. The first-order valence-corrected chi connectivity index (χ1v) is 10.0. The number of para-hydroxylation sites is 1. The summed E-state index contributed by atoms with van der Waals surface area (Å²) in [7, 11) is 0. The first kappa shape index (κ1) is 17.1. The lowest BCUT2D eigenvalue weighted by Crippen LogP contribution is -2.22. The molecule has 0 bridgehead atoms. The molecule has 4 heteroatoms. The molecule has 0 atom stereocenters. The number of hydrogen-bond donors (Lipinski definition) is 0. The Morgan fingerprint density at radius 2 is 1.68 bits per heavy atom. The van der Waals surface area contributed by atoms with Gasteiger partial charge in [0.1, 0.15) is 0 Å². The molecular weight excluding hydrogens is 459 g/mol. The maximum absolute atomic E-state index is 13.4. The van der Waals surface area contributed by atoms with Crippen molar-refractivity contribution in [1.82, 2.24) is 4.98 Å². The summed E-state index contributed by atoms with van der Waals surface area (Å²) in [6.45, 7) is 0. The quantitative estimate of drug-likeness (QED) is 0.334. The third kappa shape index (κ3) is 2.81. The number of anilines is 1. The van der Waals surface area contributed by atoms with Crippen molar-refractivity contribution >= 4 is 56.9 Å². The minimum absolute atomic E-state index is 0.0215. The van der Waals surface area contributed by atoms with Crippen LogP contribution in [0.4, 0.5) is 5.69 Å². The summed E-state index contributed by atoms with van der Waals surface area (Å²) in [4.78, 5) is 19.8. The minimum Gasteiger partial charge on any atom is -0.274 e. The molecule has 0 unspecified atom stereocenters. The van der Waals surface area contributed by atoms with E-state index >= 15 is 0 Å². The van der Waals surface area contributed by atoms with Crippen molar-refractivity contribution in [2.45, 2.75) is 0 Å². The van der Waals surface area contributed by atoms with E-state index in [1.54, 1.807) is 11.1 Å². The fourth-order valence-corrected chi connectivity index (χ4v) is 4.11. The van der Waals surface area contributed by atoms with Gasteiger partial charge in [0.25, 0.3) is 5.91 Å². The highest BCUT2D eigenvalue weighted by molar-refractivity contribution is 14.1. The summed E-state index contributed by atoms with van der Waals surface area (Å²) < 4.78 is 1.10. The van der Waals surface area contributed by atoms with E-state index in [9.17, 15) is 4.79 Å². The zero-order valence-electron chi connectivity index (χ0n) is 14.8. The van der Waals surface area contributed by atoms with Crippen molar-refractivity contribution in [3.05, 3.63) is 105 Å². The average molecular weight is 474 g/mol. The minimum atomic E-state index is -0.0215. The van der Waals surface area contributed by atoms with Gasteiger partial charge in [0.15, 0.2) is 0 Å². The second kappa shape index (κ2) is 6.87. The number of halogens is 1. The lowest BCUT2D eigenvalue weighted by atomic mass is 10.1. The van der Waals surface area contributed by atoms with Gasteiger partial charge in [-0.05, 0) is 64.6 Å². The van der Waals surface area contributed by atoms with Crippen LogP contribution in [0, 0.1) is 3.57 Å². The number of amides is 1. The molecule has 134 valence electrons. The van der Waals surface area contributed by atoms with Crippen molar-refractivity contribution in [1.29, 1.82) is 0 Å². The molecule has 4 aromatic rings. The molecule has 0 fully saturated rings. The van der Waals surface area contributed by atoms with Gasteiger partial charge in [0.2, 0.25) is 0 Å². The molecule has 0 saturated heterocycles. The molecule has 5 rings (SSSR count). The molecule has 28 heavy (non-hydrogen) atoms. The van der Waals surface area contributed by atoms with E-state index in [2.05, 4.69) is 39.7 Å². The Morgan fingerprint density at radius 3 is 2.54 bits per heavy atom. The van der Waals surface area contributed by atoms with Crippen LogP contribution < -0.4 is 4.90 Å². The highest BCUT2D eigenvalue weighted by Crippen LogP contribution is 2.40.